The zero-order valence-corrected chi connectivity index (χ0v) is 12.8. The molecule has 1 aromatic heterocycles. The lowest BCUT2D eigenvalue weighted by Crippen LogP contribution is -2.22. The van der Waals surface area contributed by atoms with Crippen molar-refractivity contribution in [3.05, 3.63) is 28.9 Å². The van der Waals surface area contributed by atoms with Gasteiger partial charge >= 0.3 is 0 Å². The van der Waals surface area contributed by atoms with E-state index in [4.69, 9.17) is 11.6 Å². The Balaban J connectivity index is 1.61. The van der Waals surface area contributed by atoms with E-state index in [-0.39, 0.29) is 0 Å². The van der Waals surface area contributed by atoms with E-state index in [1.165, 1.54) is 32.1 Å². The number of rotatable bonds is 3. The minimum Gasteiger partial charge on any atom is -0.388 e. The molecule has 0 amide bonds. The zero-order chi connectivity index (χ0) is 14.4. The molecule has 112 valence electrons. The van der Waals surface area contributed by atoms with Gasteiger partial charge in [-0.05, 0) is 49.1 Å². The van der Waals surface area contributed by atoms with Crippen molar-refractivity contribution in [2.45, 2.75) is 44.6 Å². The van der Waals surface area contributed by atoms with E-state index in [1.54, 1.807) is 6.20 Å². The van der Waals surface area contributed by atoms with Gasteiger partial charge < -0.3 is 5.11 Å². The summed E-state index contributed by atoms with van der Waals surface area (Å²) in [7, 11) is 0. The highest BCUT2D eigenvalue weighted by molar-refractivity contribution is 6.31. The first-order valence-electron chi connectivity index (χ1n) is 8.03. The van der Waals surface area contributed by atoms with Gasteiger partial charge in [0.1, 0.15) is 0 Å². The smallest absolute Gasteiger partial charge is 0.0814 e. The molecule has 0 aliphatic heterocycles. The maximum atomic E-state index is 10.8. The minimum atomic E-state index is -0.446. The van der Waals surface area contributed by atoms with Crippen molar-refractivity contribution in [1.29, 1.82) is 0 Å². The fourth-order valence-corrected chi connectivity index (χ4v) is 4.91. The Labute approximate surface area is 129 Å². The molecule has 4 heteroatoms. The molecular formula is C17H21ClN2O. The summed E-state index contributed by atoms with van der Waals surface area (Å²) < 4.78 is 0. The monoisotopic (exact) mass is 304 g/mol. The summed E-state index contributed by atoms with van der Waals surface area (Å²) in [5.74, 6) is 2.34. The number of fused-ring (bicyclic) bond motifs is 3. The first-order chi connectivity index (χ1) is 10.2. The minimum absolute atomic E-state index is 0.446. The van der Waals surface area contributed by atoms with Crippen molar-refractivity contribution >= 4 is 22.5 Å². The number of H-pyrrole nitrogens is 1. The number of hydrogen-bond acceptors (Lipinski definition) is 2. The van der Waals surface area contributed by atoms with Crippen LogP contribution < -0.4 is 0 Å². The van der Waals surface area contributed by atoms with Crippen LogP contribution in [0.3, 0.4) is 0 Å². The Hall–Kier alpha value is -1.06. The summed E-state index contributed by atoms with van der Waals surface area (Å²) in [6.07, 6.45) is 8.98. The van der Waals surface area contributed by atoms with Crippen LogP contribution in [0.5, 0.6) is 0 Å². The van der Waals surface area contributed by atoms with Gasteiger partial charge in [0, 0.05) is 16.0 Å². The molecule has 0 radical (unpaired) electrons. The molecule has 2 aromatic rings. The van der Waals surface area contributed by atoms with Crippen molar-refractivity contribution in [3.8, 4) is 0 Å². The number of aromatic amines is 1. The van der Waals surface area contributed by atoms with Crippen LogP contribution in [0.25, 0.3) is 10.9 Å². The van der Waals surface area contributed by atoms with Gasteiger partial charge in [-0.25, -0.2) is 0 Å². The summed E-state index contributed by atoms with van der Waals surface area (Å²) in [6, 6.07) is 3.78. The lowest BCUT2D eigenvalue weighted by molar-refractivity contribution is 0.101. The standard InChI is InChI=1S/C17H21ClN2O/c18-13-6-12-9-19-20-17(12)15(7-13)16(21)8-14-10-2-1-3-11(14)5-4-10/h6-7,9-11,14,16,21H,1-5,8H2,(H,19,20). The predicted octanol–water partition coefficient (Wildman–Crippen LogP) is 4.47. The Morgan fingerprint density at radius 1 is 1.24 bits per heavy atom. The molecular weight excluding hydrogens is 284 g/mol. The summed E-state index contributed by atoms with van der Waals surface area (Å²) in [6.45, 7) is 0. The summed E-state index contributed by atoms with van der Waals surface area (Å²) in [5, 5.41) is 19.5. The van der Waals surface area contributed by atoms with E-state index in [1.807, 2.05) is 12.1 Å². The normalized spacial score (nSPS) is 29.9. The third-order valence-electron chi connectivity index (χ3n) is 5.67. The molecule has 4 rings (SSSR count). The SMILES string of the molecule is OC(CC1C2CCCC1CC2)c1cc(Cl)cc2cn[nH]c12. The highest BCUT2D eigenvalue weighted by atomic mass is 35.5. The van der Waals surface area contributed by atoms with Gasteiger partial charge in [0.2, 0.25) is 0 Å². The number of hydrogen-bond donors (Lipinski definition) is 2. The second kappa shape index (κ2) is 5.29. The molecule has 1 heterocycles. The fourth-order valence-electron chi connectivity index (χ4n) is 4.68. The molecule has 2 fully saturated rings. The number of aliphatic hydroxyl groups is 1. The fraction of sp³-hybridized carbons (Fsp3) is 0.588. The van der Waals surface area contributed by atoms with Gasteiger partial charge in [0.25, 0.3) is 0 Å². The van der Waals surface area contributed by atoms with Crippen LogP contribution in [0.4, 0.5) is 0 Å². The van der Waals surface area contributed by atoms with Gasteiger partial charge in [-0.1, -0.05) is 30.9 Å². The van der Waals surface area contributed by atoms with Crippen LogP contribution >= 0.6 is 11.6 Å². The molecule has 3 unspecified atom stereocenters. The van der Waals surface area contributed by atoms with Crippen LogP contribution in [0.2, 0.25) is 5.02 Å². The summed E-state index contributed by atoms with van der Waals surface area (Å²) >= 11 is 6.18. The molecule has 0 saturated heterocycles. The van der Waals surface area contributed by atoms with E-state index in [2.05, 4.69) is 10.2 Å². The maximum absolute atomic E-state index is 10.8. The number of nitrogens with zero attached hydrogens (tertiary/aromatic N) is 1. The highest BCUT2D eigenvalue weighted by Gasteiger charge is 2.39. The molecule has 2 bridgehead atoms. The average molecular weight is 305 g/mol. The van der Waals surface area contributed by atoms with Gasteiger partial charge in [-0.15, -0.1) is 0 Å². The van der Waals surface area contributed by atoms with Gasteiger partial charge in [0.05, 0.1) is 17.8 Å². The Morgan fingerprint density at radius 3 is 2.76 bits per heavy atom. The van der Waals surface area contributed by atoms with Crippen molar-refractivity contribution in [1.82, 2.24) is 10.2 Å². The van der Waals surface area contributed by atoms with E-state index >= 15 is 0 Å². The van der Waals surface area contributed by atoms with Gasteiger partial charge in [-0.3, -0.25) is 5.10 Å². The van der Waals surface area contributed by atoms with Crippen LogP contribution in [-0.4, -0.2) is 15.3 Å². The highest BCUT2D eigenvalue weighted by Crippen LogP contribution is 2.50. The molecule has 2 aliphatic rings. The van der Waals surface area contributed by atoms with E-state index in [9.17, 15) is 5.11 Å². The van der Waals surface area contributed by atoms with Crippen LogP contribution in [-0.2, 0) is 0 Å². The Kier molecular flexibility index (Phi) is 3.43. The van der Waals surface area contributed by atoms with Crippen LogP contribution in [0, 0.1) is 17.8 Å². The number of benzene rings is 1. The molecule has 2 saturated carbocycles. The average Bonchev–Trinajstić information content (AvgIpc) is 2.99. The van der Waals surface area contributed by atoms with Gasteiger partial charge in [-0.2, -0.15) is 5.10 Å². The molecule has 2 N–H and O–H groups in total. The lowest BCUT2D eigenvalue weighted by atomic mass is 9.75. The number of aromatic nitrogens is 2. The third-order valence-corrected chi connectivity index (χ3v) is 5.89. The van der Waals surface area contributed by atoms with Crippen LogP contribution in [0.1, 0.15) is 50.2 Å². The second-order valence-electron chi connectivity index (χ2n) is 6.77. The zero-order valence-electron chi connectivity index (χ0n) is 12.1. The van der Waals surface area contributed by atoms with Crippen molar-refractivity contribution < 1.29 is 5.11 Å². The third kappa shape index (κ3) is 2.36. The van der Waals surface area contributed by atoms with E-state index in [0.717, 1.165) is 34.7 Å². The quantitative estimate of drug-likeness (QED) is 0.879. The molecule has 0 spiro atoms. The Bertz CT molecular complexity index is 637. The predicted molar refractivity (Wildman–Crippen MR) is 84.2 cm³/mol. The molecule has 21 heavy (non-hydrogen) atoms. The van der Waals surface area contributed by atoms with Crippen molar-refractivity contribution in [2.75, 3.05) is 0 Å². The van der Waals surface area contributed by atoms with Crippen molar-refractivity contribution in [2.24, 2.45) is 17.8 Å². The number of halogens is 1. The van der Waals surface area contributed by atoms with Gasteiger partial charge in [0.15, 0.2) is 0 Å². The maximum Gasteiger partial charge on any atom is 0.0814 e. The second-order valence-corrected chi connectivity index (χ2v) is 7.21. The largest absolute Gasteiger partial charge is 0.388 e. The van der Waals surface area contributed by atoms with Crippen molar-refractivity contribution in [3.63, 3.8) is 0 Å². The molecule has 2 aliphatic carbocycles. The van der Waals surface area contributed by atoms with E-state index < -0.39 is 6.10 Å². The lowest BCUT2D eigenvalue weighted by Gasteiger charge is -2.31. The van der Waals surface area contributed by atoms with Crippen LogP contribution in [0.15, 0.2) is 18.3 Å². The number of nitrogens with one attached hydrogen (secondary N) is 1. The topological polar surface area (TPSA) is 48.9 Å². The van der Waals surface area contributed by atoms with E-state index in [0.29, 0.717) is 10.9 Å². The first kappa shape index (κ1) is 13.6. The summed E-state index contributed by atoms with van der Waals surface area (Å²) in [5.41, 5.74) is 1.83. The Morgan fingerprint density at radius 2 is 2.00 bits per heavy atom. The molecule has 3 nitrogen and oxygen atoms in total. The molecule has 1 aromatic carbocycles. The first-order valence-corrected chi connectivity index (χ1v) is 8.41. The summed E-state index contributed by atoms with van der Waals surface area (Å²) in [4.78, 5) is 0. The molecule has 3 atom stereocenters. The number of aliphatic hydroxyl groups excluding tert-OH is 1.